The zero-order valence-corrected chi connectivity index (χ0v) is 22.1. The van der Waals surface area contributed by atoms with Crippen molar-refractivity contribution >= 4 is 34.5 Å². The Morgan fingerprint density at radius 1 is 0.947 bits per heavy atom. The first kappa shape index (κ1) is 25.3. The van der Waals surface area contributed by atoms with Crippen LogP contribution in [-0.4, -0.2) is 23.9 Å². The molecule has 1 unspecified atom stereocenters. The third kappa shape index (κ3) is 4.68. The molecule has 1 atom stereocenters. The second-order valence-electron chi connectivity index (χ2n) is 9.09. The van der Waals surface area contributed by atoms with E-state index in [0.29, 0.717) is 29.4 Å². The van der Waals surface area contributed by atoms with E-state index in [1.54, 1.807) is 37.4 Å². The maximum absolute atomic E-state index is 13.4. The number of benzene rings is 3. The molecule has 7 heteroatoms. The topological polar surface area (TPSA) is 76.1 Å². The maximum atomic E-state index is 13.4. The number of hydrogen-bond acceptors (Lipinski definition) is 6. The van der Waals surface area contributed by atoms with Crippen molar-refractivity contribution in [3.8, 4) is 11.5 Å². The van der Waals surface area contributed by atoms with E-state index >= 15 is 0 Å². The SMILES string of the molecule is COc1cc(C)c(/C(O)=C2/C(=O)C(=O)N(c3ccc(OCc4ccccc4)cc3)C2c2cccs2)cc1C. The second-order valence-corrected chi connectivity index (χ2v) is 10.1. The summed E-state index contributed by atoms with van der Waals surface area (Å²) < 4.78 is 11.3. The summed E-state index contributed by atoms with van der Waals surface area (Å²) in [6, 6.07) is 23.5. The Bertz CT molecular complexity index is 1510. The number of carbonyl (C=O) groups is 2. The van der Waals surface area contributed by atoms with Gasteiger partial charge in [0, 0.05) is 16.1 Å². The van der Waals surface area contributed by atoms with E-state index in [1.807, 2.05) is 67.8 Å². The number of ketones is 1. The lowest BCUT2D eigenvalue weighted by atomic mass is 9.95. The van der Waals surface area contributed by atoms with Crippen molar-refractivity contribution in [1.82, 2.24) is 0 Å². The highest BCUT2D eigenvalue weighted by atomic mass is 32.1. The summed E-state index contributed by atoms with van der Waals surface area (Å²) in [7, 11) is 1.58. The fraction of sp³-hybridized carbons (Fsp3) is 0.161. The average molecular weight is 526 g/mol. The van der Waals surface area contributed by atoms with Gasteiger partial charge in [0.1, 0.15) is 29.9 Å². The van der Waals surface area contributed by atoms with E-state index in [9.17, 15) is 14.7 Å². The minimum Gasteiger partial charge on any atom is -0.507 e. The van der Waals surface area contributed by atoms with E-state index in [4.69, 9.17) is 9.47 Å². The van der Waals surface area contributed by atoms with E-state index in [2.05, 4.69) is 0 Å². The third-order valence-electron chi connectivity index (χ3n) is 6.62. The summed E-state index contributed by atoms with van der Waals surface area (Å²) in [5.41, 5.74) is 3.69. The van der Waals surface area contributed by atoms with Gasteiger partial charge in [-0.1, -0.05) is 36.4 Å². The van der Waals surface area contributed by atoms with Gasteiger partial charge in [-0.05, 0) is 78.4 Å². The minimum atomic E-state index is -0.757. The molecule has 0 saturated carbocycles. The largest absolute Gasteiger partial charge is 0.507 e. The summed E-state index contributed by atoms with van der Waals surface area (Å²) in [5.74, 6) is -0.283. The molecule has 0 spiro atoms. The van der Waals surface area contributed by atoms with Crippen LogP contribution in [0.4, 0.5) is 5.69 Å². The molecule has 3 aromatic carbocycles. The van der Waals surface area contributed by atoms with Crippen LogP contribution in [0.5, 0.6) is 11.5 Å². The van der Waals surface area contributed by atoms with Crippen molar-refractivity contribution < 1.29 is 24.2 Å². The van der Waals surface area contributed by atoms with Crippen molar-refractivity contribution in [2.75, 3.05) is 12.0 Å². The van der Waals surface area contributed by atoms with Crippen LogP contribution in [0.25, 0.3) is 5.76 Å². The number of methoxy groups -OCH3 is 1. The van der Waals surface area contributed by atoms with Crippen LogP contribution in [0.2, 0.25) is 0 Å². The minimum absolute atomic E-state index is 0.0644. The van der Waals surface area contributed by atoms with Crippen molar-refractivity contribution in [2.45, 2.75) is 26.5 Å². The van der Waals surface area contributed by atoms with Crippen molar-refractivity contribution in [3.05, 3.63) is 117 Å². The lowest BCUT2D eigenvalue weighted by Crippen LogP contribution is -2.29. The van der Waals surface area contributed by atoms with E-state index in [1.165, 1.54) is 16.2 Å². The van der Waals surface area contributed by atoms with Gasteiger partial charge in [-0.3, -0.25) is 14.5 Å². The first-order chi connectivity index (χ1) is 18.4. The molecule has 1 aliphatic rings. The molecule has 1 amide bonds. The van der Waals surface area contributed by atoms with E-state index < -0.39 is 17.7 Å². The summed E-state index contributed by atoms with van der Waals surface area (Å²) in [5, 5.41) is 13.3. The van der Waals surface area contributed by atoms with Gasteiger partial charge in [-0.25, -0.2) is 0 Å². The number of hydrogen-bond donors (Lipinski definition) is 1. The molecule has 0 radical (unpaired) electrons. The number of aliphatic hydroxyl groups excluding tert-OH is 1. The standard InChI is InChI=1S/C31H27NO5S/c1-19-17-25(36-3)20(2)16-24(19)29(33)27-28(26-10-7-15-38-26)32(31(35)30(27)34)22-11-13-23(14-12-22)37-18-21-8-5-4-6-9-21/h4-17,28,33H,18H2,1-3H3/b29-27-. The van der Waals surface area contributed by atoms with Gasteiger partial charge in [0.25, 0.3) is 11.7 Å². The highest BCUT2D eigenvalue weighted by Crippen LogP contribution is 2.44. The van der Waals surface area contributed by atoms with Crippen molar-refractivity contribution in [2.24, 2.45) is 0 Å². The molecule has 0 aliphatic carbocycles. The Morgan fingerprint density at radius 2 is 1.68 bits per heavy atom. The molecule has 1 saturated heterocycles. The zero-order chi connectivity index (χ0) is 26.8. The van der Waals surface area contributed by atoms with Crippen LogP contribution in [0.1, 0.15) is 33.2 Å². The molecule has 6 nitrogen and oxygen atoms in total. The molecule has 38 heavy (non-hydrogen) atoms. The lowest BCUT2D eigenvalue weighted by molar-refractivity contribution is -0.132. The molecular formula is C31H27NO5S. The number of anilines is 1. The number of ether oxygens (including phenoxy) is 2. The Hall–Kier alpha value is -4.36. The normalized spacial score (nSPS) is 16.6. The van der Waals surface area contributed by atoms with Crippen molar-refractivity contribution in [1.29, 1.82) is 0 Å². The molecule has 4 aromatic rings. The predicted octanol–water partition coefficient (Wildman–Crippen LogP) is 6.58. The Kier molecular flexibility index (Phi) is 7.03. The van der Waals surface area contributed by atoms with E-state index in [-0.39, 0.29) is 11.3 Å². The maximum Gasteiger partial charge on any atom is 0.300 e. The van der Waals surface area contributed by atoms with Gasteiger partial charge >= 0.3 is 0 Å². The highest BCUT2D eigenvalue weighted by molar-refractivity contribution is 7.10. The molecule has 1 fully saturated rings. The summed E-state index contributed by atoms with van der Waals surface area (Å²) >= 11 is 1.43. The summed E-state index contributed by atoms with van der Waals surface area (Å²) in [6.07, 6.45) is 0. The van der Waals surface area contributed by atoms with Gasteiger partial charge < -0.3 is 14.6 Å². The predicted molar refractivity (Wildman–Crippen MR) is 149 cm³/mol. The lowest BCUT2D eigenvalue weighted by Gasteiger charge is -2.24. The average Bonchev–Trinajstić information content (AvgIpc) is 3.56. The first-order valence-corrected chi connectivity index (χ1v) is 13.0. The van der Waals surface area contributed by atoms with Gasteiger partial charge in [0.2, 0.25) is 0 Å². The molecule has 1 N–H and O–H groups in total. The van der Waals surface area contributed by atoms with Gasteiger partial charge in [0.15, 0.2) is 0 Å². The van der Waals surface area contributed by atoms with Crippen LogP contribution >= 0.6 is 11.3 Å². The van der Waals surface area contributed by atoms with Crippen LogP contribution in [0.15, 0.2) is 89.8 Å². The number of nitrogens with zero attached hydrogens (tertiary/aromatic N) is 1. The molecular weight excluding hydrogens is 498 g/mol. The molecule has 1 aliphatic heterocycles. The summed E-state index contributed by atoms with van der Waals surface area (Å²) in [6.45, 7) is 4.12. The molecule has 5 rings (SSSR count). The Balaban J connectivity index is 1.53. The van der Waals surface area contributed by atoms with Crippen LogP contribution in [-0.2, 0) is 16.2 Å². The zero-order valence-electron chi connectivity index (χ0n) is 21.3. The number of carbonyl (C=O) groups excluding carboxylic acids is 2. The van der Waals surface area contributed by atoms with Crippen LogP contribution in [0, 0.1) is 13.8 Å². The van der Waals surface area contributed by atoms with Crippen LogP contribution in [0.3, 0.4) is 0 Å². The number of Topliss-reactive ketones (excluding diaryl/α,β-unsaturated/α-hetero) is 1. The highest BCUT2D eigenvalue weighted by Gasteiger charge is 2.47. The van der Waals surface area contributed by atoms with E-state index in [0.717, 1.165) is 21.6 Å². The fourth-order valence-electron chi connectivity index (χ4n) is 4.67. The second kappa shape index (κ2) is 10.6. The molecule has 1 aromatic heterocycles. The first-order valence-electron chi connectivity index (χ1n) is 12.2. The Labute approximate surface area is 225 Å². The fourth-order valence-corrected chi connectivity index (χ4v) is 5.49. The smallest absolute Gasteiger partial charge is 0.300 e. The van der Waals surface area contributed by atoms with Crippen LogP contribution < -0.4 is 14.4 Å². The molecule has 192 valence electrons. The van der Waals surface area contributed by atoms with Gasteiger partial charge in [0.05, 0.1) is 12.7 Å². The van der Waals surface area contributed by atoms with Gasteiger partial charge in [-0.2, -0.15) is 0 Å². The number of aryl methyl sites for hydroxylation is 2. The van der Waals surface area contributed by atoms with Gasteiger partial charge in [-0.15, -0.1) is 11.3 Å². The van der Waals surface area contributed by atoms with Crippen molar-refractivity contribution in [3.63, 3.8) is 0 Å². The third-order valence-corrected chi connectivity index (χ3v) is 7.54. The molecule has 2 heterocycles. The summed E-state index contributed by atoms with van der Waals surface area (Å²) in [4.78, 5) is 29.0. The number of thiophene rings is 1. The quantitative estimate of drug-likeness (QED) is 0.168. The Morgan fingerprint density at radius 3 is 2.34 bits per heavy atom. The number of aliphatic hydroxyl groups is 1. The number of amides is 1. The number of rotatable bonds is 7. The molecule has 0 bridgehead atoms. The monoisotopic (exact) mass is 525 g/mol.